The Bertz CT molecular complexity index is 1310. The highest BCUT2D eigenvalue weighted by Crippen LogP contribution is 2.33. The first-order valence-electron chi connectivity index (χ1n) is 11.0. The Morgan fingerprint density at radius 1 is 1.03 bits per heavy atom. The van der Waals surface area contributed by atoms with Gasteiger partial charge in [-0.2, -0.15) is 0 Å². The summed E-state index contributed by atoms with van der Waals surface area (Å²) in [6.45, 7) is 2.74. The molecule has 2 aromatic carbocycles. The van der Waals surface area contributed by atoms with Gasteiger partial charge in [-0.1, -0.05) is 0 Å². The quantitative estimate of drug-likeness (QED) is 0.416. The van der Waals surface area contributed by atoms with Crippen LogP contribution in [0.2, 0.25) is 0 Å². The van der Waals surface area contributed by atoms with Crippen LogP contribution >= 0.6 is 11.3 Å². The molecule has 2 aromatic heterocycles. The molecule has 0 saturated carbocycles. The van der Waals surface area contributed by atoms with E-state index in [-0.39, 0.29) is 11.7 Å². The first kappa shape index (κ1) is 22.2. The molecule has 0 atom stereocenters. The van der Waals surface area contributed by atoms with Crippen LogP contribution in [0, 0.1) is 5.82 Å². The van der Waals surface area contributed by atoms with E-state index in [0.29, 0.717) is 31.0 Å². The molecule has 9 heteroatoms. The third kappa shape index (κ3) is 4.31. The zero-order chi connectivity index (χ0) is 23.7. The molecule has 1 aliphatic heterocycles. The molecule has 1 fully saturated rings. The molecule has 34 heavy (non-hydrogen) atoms. The van der Waals surface area contributed by atoms with E-state index in [4.69, 9.17) is 14.5 Å². The lowest BCUT2D eigenvalue weighted by Gasteiger charge is -2.36. The Balaban J connectivity index is 1.27. The van der Waals surface area contributed by atoms with Crippen LogP contribution in [-0.2, 0) is 11.2 Å². The summed E-state index contributed by atoms with van der Waals surface area (Å²) in [7, 11) is 3.21. The Morgan fingerprint density at radius 2 is 1.76 bits per heavy atom. The fourth-order valence-electron chi connectivity index (χ4n) is 4.22. The van der Waals surface area contributed by atoms with Gasteiger partial charge < -0.3 is 19.3 Å². The number of imidazole rings is 1. The Morgan fingerprint density at radius 3 is 2.47 bits per heavy atom. The van der Waals surface area contributed by atoms with Crippen LogP contribution in [0.15, 0.2) is 54.0 Å². The summed E-state index contributed by atoms with van der Waals surface area (Å²) in [5.74, 6) is 1.16. The second kappa shape index (κ2) is 9.34. The summed E-state index contributed by atoms with van der Waals surface area (Å²) < 4.78 is 25.9. The average Bonchev–Trinajstić information content (AvgIpc) is 3.46. The number of fused-ring (bicyclic) bond motifs is 1. The average molecular weight is 481 g/mol. The largest absolute Gasteiger partial charge is 0.493 e. The van der Waals surface area contributed by atoms with E-state index in [1.54, 1.807) is 26.4 Å². The molecule has 7 nitrogen and oxygen atoms in total. The molecule has 0 N–H and O–H groups in total. The van der Waals surface area contributed by atoms with Crippen molar-refractivity contribution in [3.8, 4) is 22.8 Å². The van der Waals surface area contributed by atoms with Crippen LogP contribution in [-0.4, -0.2) is 60.6 Å². The minimum atomic E-state index is -0.242. The maximum atomic E-state index is 13.2. The molecule has 0 radical (unpaired) electrons. The van der Waals surface area contributed by atoms with Crippen molar-refractivity contribution in [1.29, 1.82) is 0 Å². The standard InChI is InChI=1S/C25H25FN4O3S/c1-32-22-8-3-17(13-23(22)33-2)21-15-30-20(16-34-25(30)27-21)14-24(31)29-11-9-28(10-12-29)19-6-4-18(26)5-7-19/h3-8,13,15-16H,9-12,14H2,1-2H3. The van der Waals surface area contributed by atoms with Gasteiger partial charge in [0.25, 0.3) is 0 Å². The van der Waals surface area contributed by atoms with Crippen LogP contribution in [0.5, 0.6) is 11.5 Å². The molecule has 176 valence electrons. The highest BCUT2D eigenvalue weighted by Gasteiger charge is 2.23. The van der Waals surface area contributed by atoms with Crippen molar-refractivity contribution in [1.82, 2.24) is 14.3 Å². The number of hydrogen-bond acceptors (Lipinski definition) is 6. The number of nitrogens with zero attached hydrogens (tertiary/aromatic N) is 4. The number of piperazine rings is 1. The first-order chi connectivity index (χ1) is 16.6. The highest BCUT2D eigenvalue weighted by atomic mass is 32.1. The van der Waals surface area contributed by atoms with E-state index in [9.17, 15) is 9.18 Å². The Labute approximate surface area is 201 Å². The Hall–Kier alpha value is -3.59. The summed E-state index contributed by atoms with van der Waals surface area (Å²) in [6, 6.07) is 12.2. The third-order valence-electron chi connectivity index (χ3n) is 6.12. The number of methoxy groups -OCH3 is 2. The van der Waals surface area contributed by atoms with E-state index in [1.165, 1.54) is 23.5 Å². The fraction of sp³-hybridized carbons (Fsp3) is 0.280. The number of anilines is 1. The van der Waals surface area contributed by atoms with E-state index in [1.807, 2.05) is 39.1 Å². The van der Waals surface area contributed by atoms with Crippen molar-refractivity contribution in [2.45, 2.75) is 6.42 Å². The van der Waals surface area contributed by atoms with E-state index in [2.05, 4.69) is 4.90 Å². The minimum Gasteiger partial charge on any atom is -0.493 e. The molecule has 0 unspecified atom stereocenters. The number of ether oxygens (including phenoxy) is 2. The minimum absolute atomic E-state index is 0.0971. The van der Waals surface area contributed by atoms with E-state index < -0.39 is 0 Å². The number of hydrogen-bond donors (Lipinski definition) is 0. The van der Waals surface area contributed by atoms with Gasteiger partial charge in [-0.05, 0) is 42.5 Å². The van der Waals surface area contributed by atoms with Crippen molar-refractivity contribution in [2.75, 3.05) is 45.3 Å². The molecule has 3 heterocycles. The summed E-state index contributed by atoms with van der Waals surface area (Å²) in [4.78, 5) is 22.7. The molecule has 0 bridgehead atoms. The lowest BCUT2D eigenvalue weighted by molar-refractivity contribution is -0.130. The predicted molar refractivity (Wildman–Crippen MR) is 131 cm³/mol. The maximum Gasteiger partial charge on any atom is 0.228 e. The molecule has 1 amide bonds. The SMILES string of the molecule is COc1ccc(-c2cn3c(CC(=O)N4CCN(c5ccc(F)cc5)CC4)csc3n2)cc1OC. The summed E-state index contributed by atoms with van der Waals surface area (Å²) >= 11 is 1.52. The van der Waals surface area contributed by atoms with Gasteiger partial charge in [-0.15, -0.1) is 11.3 Å². The molecule has 5 rings (SSSR count). The van der Waals surface area contributed by atoms with Gasteiger partial charge in [-0.3, -0.25) is 9.20 Å². The third-order valence-corrected chi connectivity index (χ3v) is 7.01. The zero-order valence-corrected chi connectivity index (χ0v) is 19.8. The van der Waals surface area contributed by atoms with Gasteiger partial charge in [-0.25, -0.2) is 9.37 Å². The smallest absolute Gasteiger partial charge is 0.228 e. The maximum absolute atomic E-state index is 13.2. The van der Waals surface area contributed by atoms with Crippen molar-refractivity contribution < 1.29 is 18.7 Å². The van der Waals surface area contributed by atoms with Gasteiger partial charge in [0.15, 0.2) is 16.5 Å². The van der Waals surface area contributed by atoms with E-state index in [0.717, 1.165) is 40.7 Å². The van der Waals surface area contributed by atoms with Crippen molar-refractivity contribution >= 4 is 27.9 Å². The number of carbonyl (C=O) groups excluding carboxylic acids is 1. The van der Waals surface area contributed by atoms with Crippen LogP contribution in [0.1, 0.15) is 5.69 Å². The van der Waals surface area contributed by atoms with Crippen LogP contribution in [0.25, 0.3) is 16.2 Å². The molecule has 0 spiro atoms. The number of rotatable bonds is 6. The van der Waals surface area contributed by atoms with Gasteiger partial charge in [0, 0.05) is 54.7 Å². The second-order valence-corrected chi connectivity index (χ2v) is 8.93. The van der Waals surface area contributed by atoms with Crippen molar-refractivity contribution in [3.63, 3.8) is 0 Å². The summed E-state index contributed by atoms with van der Waals surface area (Å²) in [5.41, 5.74) is 3.64. The number of benzene rings is 2. The first-order valence-corrected chi connectivity index (χ1v) is 11.9. The number of thiazole rings is 1. The highest BCUT2D eigenvalue weighted by molar-refractivity contribution is 7.15. The van der Waals surface area contributed by atoms with E-state index >= 15 is 0 Å². The van der Waals surface area contributed by atoms with Gasteiger partial charge in [0.2, 0.25) is 5.91 Å². The second-order valence-electron chi connectivity index (χ2n) is 8.10. The Kier molecular flexibility index (Phi) is 6.10. The number of amides is 1. The number of carbonyl (C=O) groups is 1. The van der Waals surface area contributed by atoms with Gasteiger partial charge in [0.1, 0.15) is 5.82 Å². The van der Waals surface area contributed by atoms with Crippen molar-refractivity contribution in [3.05, 3.63) is 65.6 Å². The molecule has 0 aliphatic carbocycles. The monoisotopic (exact) mass is 480 g/mol. The molecule has 1 saturated heterocycles. The molecule has 4 aromatic rings. The van der Waals surface area contributed by atoms with Gasteiger partial charge in [0.05, 0.1) is 26.3 Å². The molecule has 1 aliphatic rings. The lowest BCUT2D eigenvalue weighted by atomic mass is 10.1. The summed E-state index contributed by atoms with van der Waals surface area (Å²) in [6.07, 6.45) is 2.28. The predicted octanol–water partition coefficient (Wildman–Crippen LogP) is 4.11. The zero-order valence-electron chi connectivity index (χ0n) is 19.0. The molecular formula is C25H25FN4O3S. The van der Waals surface area contributed by atoms with Crippen LogP contribution in [0.3, 0.4) is 0 Å². The van der Waals surface area contributed by atoms with Gasteiger partial charge >= 0.3 is 0 Å². The summed E-state index contributed by atoms with van der Waals surface area (Å²) in [5, 5.41) is 1.99. The number of halogens is 1. The topological polar surface area (TPSA) is 59.3 Å². The normalized spacial score (nSPS) is 14.0. The fourth-order valence-corrected chi connectivity index (χ4v) is 5.10. The lowest BCUT2D eigenvalue weighted by Crippen LogP contribution is -2.49. The van der Waals surface area contributed by atoms with Crippen LogP contribution in [0.4, 0.5) is 10.1 Å². The number of aromatic nitrogens is 2. The van der Waals surface area contributed by atoms with Crippen LogP contribution < -0.4 is 14.4 Å². The van der Waals surface area contributed by atoms with Crippen molar-refractivity contribution in [2.24, 2.45) is 0 Å². The molecular weight excluding hydrogens is 455 g/mol.